The third kappa shape index (κ3) is 3.81. The zero-order valence-corrected chi connectivity index (χ0v) is 14.9. The molecule has 0 aliphatic heterocycles. The number of amides is 1. The lowest BCUT2D eigenvalue weighted by atomic mass is 10.2. The minimum atomic E-state index is -3.72. The van der Waals surface area contributed by atoms with E-state index in [1.54, 1.807) is 53.6 Å². The van der Waals surface area contributed by atoms with Gasteiger partial charge in [-0.1, -0.05) is 30.3 Å². The van der Waals surface area contributed by atoms with Crippen LogP contribution in [0, 0.1) is 0 Å². The zero-order chi connectivity index (χ0) is 18.6. The van der Waals surface area contributed by atoms with Crippen LogP contribution < -0.4 is 5.32 Å². The number of benzene rings is 2. The van der Waals surface area contributed by atoms with Crippen LogP contribution in [0.2, 0.25) is 0 Å². The lowest BCUT2D eigenvalue weighted by Gasteiger charge is -2.18. The van der Waals surface area contributed by atoms with E-state index in [0.29, 0.717) is 5.69 Å². The first kappa shape index (κ1) is 17.8. The van der Waals surface area contributed by atoms with E-state index >= 15 is 0 Å². The Labute approximate surface area is 152 Å². The largest absolute Gasteiger partial charge is 0.323 e. The molecule has 8 heteroatoms. The molecule has 134 valence electrons. The van der Waals surface area contributed by atoms with E-state index in [2.05, 4.69) is 10.3 Å². The number of carbonyl (C=O) groups is 1. The number of carbonyl (C=O) groups excluding carboxylic acids is 1. The van der Waals surface area contributed by atoms with Crippen molar-refractivity contribution in [2.45, 2.75) is 4.90 Å². The molecule has 0 radical (unpaired) electrons. The molecule has 0 aliphatic rings. The van der Waals surface area contributed by atoms with Gasteiger partial charge in [-0.25, -0.2) is 13.4 Å². The van der Waals surface area contributed by atoms with Crippen molar-refractivity contribution in [3.8, 4) is 5.69 Å². The highest BCUT2D eigenvalue weighted by Gasteiger charge is 2.23. The fourth-order valence-electron chi connectivity index (χ4n) is 2.46. The number of aromatic nitrogens is 2. The van der Waals surface area contributed by atoms with Crippen molar-refractivity contribution in [1.82, 2.24) is 13.9 Å². The van der Waals surface area contributed by atoms with Gasteiger partial charge in [0.25, 0.3) is 0 Å². The predicted octanol–water partition coefficient (Wildman–Crippen LogP) is 2.13. The Morgan fingerprint density at radius 2 is 1.81 bits per heavy atom. The van der Waals surface area contributed by atoms with Gasteiger partial charge < -0.3 is 9.88 Å². The maximum atomic E-state index is 12.5. The van der Waals surface area contributed by atoms with Crippen molar-refractivity contribution in [1.29, 1.82) is 0 Å². The molecule has 0 unspecified atom stereocenters. The van der Waals surface area contributed by atoms with Crippen LogP contribution in [-0.4, -0.2) is 41.8 Å². The third-order valence-electron chi connectivity index (χ3n) is 3.78. The first-order chi connectivity index (χ1) is 12.5. The van der Waals surface area contributed by atoms with Crippen LogP contribution in [0.3, 0.4) is 0 Å². The minimum Gasteiger partial charge on any atom is -0.323 e. The second-order valence-electron chi connectivity index (χ2n) is 5.61. The highest BCUT2D eigenvalue weighted by molar-refractivity contribution is 7.89. The molecule has 0 saturated heterocycles. The second kappa shape index (κ2) is 7.51. The number of imidazole rings is 1. The molecule has 3 aromatic rings. The van der Waals surface area contributed by atoms with Gasteiger partial charge in [0.05, 0.1) is 29.1 Å². The van der Waals surface area contributed by atoms with Crippen molar-refractivity contribution in [3.05, 3.63) is 73.3 Å². The van der Waals surface area contributed by atoms with Crippen LogP contribution in [0.15, 0.2) is 78.2 Å². The number of anilines is 1. The molecular weight excluding hydrogens is 352 g/mol. The molecule has 0 aliphatic carbocycles. The summed E-state index contributed by atoms with van der Waals surface area (Å²) in [5.74, 6) is -0.431. The van der Waals surface area contributed by atoms with Crippen LogP contribution in [0.25, 0.3) is 5.69 Å². The van der Waals surface area contributed by atoms with E-state index in [9.17, 15) is 13.2 Å². The lowest BCUT2D eigenvalue weighted by molar-refractivity contribution is -0.116. The highest BCUT2D eigenvalue weighted by Crippen LogP contribution is 2.20. The molecule has 1 heterocycles. The summed E-state index contributed by atoms with van der Waals surface area (Å²) in [6, 6.07) is 15.2. The molecule has 7 nitrogen and oxygen atoms in total. The SMILES string of the molecule is CN(CC(=O)Nc1ccccc1-n1ccnc1)S(=O)(=O)c1ccccc1. The molecule has 0 fully saturated rings. The summed E-state index contributed by atoms with van der Waals surface area (Å²) in [4.78, 5) is 16.5. The van der Waals surface area contributed by atoms with Crippen LogP contribution >= 0.6 is 0 Å². The molecule has 0 saturated carbocycles. The Kier molecular flexibility index (Phi) is 5.15. The predicted molar refractivity (Wildman–Crippen MR) is 98.5 cm³/mol. The van der Waals surface area contributed by atoms with Crippen molar-refractivity contribution < 1.29 is 13.2 Å². The highest BCUT2D eigenvalue weighted by atomic mass is 32.2. The zero-order valence-electron chi connectivity index (χ0n) is 14.1. The van der Waals surface area contributed by atoms with Crippen molar-refractivity contribution in [2.24, 2.45) is 0 Å². The third-order valence-corrected chi connectivity index (χ3v) is 5.60. The Morgan fingerprint density at radius 1 is 1.12 bits per heavy atom. The fourth-order valence-corrected chi connectivity index (χ4v) is 3.60. The van der Waals surface area contributed by atoms with E-state index < -0.39 is 15.9 Å². The van der Waals surface area contributed by atoms with Gasteiger partial charge in [0.1, 0.15) is 0 Å². The Hall–Kier alpha value is -2.97. The molecular formula is C18H18N4O3S. The quantitative estimate of drug-likeness (QED) is 0.720. The van der Waals surface area contributed by atoms with E-state index in [1.807, 2.05) is 12.1 Å². The summed E-state index contributed by atoms with van der Waals surface area (Å²) in [5, 5.41) is 2.76. The minimum absolute atomic E-state index is 0.147. The lowest BCUT2D eigenvalue weighted by Crippen LogP contribution is -2.35. The van der Waals surface area contributed by atoms with Crippen LogP contribution in [-0.2, 0) is 14.8 Å². The normalized spacial score (nSPS) is 11.5. The Balaban J connectivity index is 1.74. The number of nitrogens with one attached hydrogen (secondary N) is 1. The van der Waals surface area contributed by atoms with Crippen molar-refractivity contribution in [2.75, 3.05) is 18.9 Å². The number of para-hydroxylation sites is 2. The number of rotatable bonds is 6. The van der Waals surface area contributed by atoms with Crippen LogP contribution in [0.1, 0.15) is 0 Å². The summed E-state index contributed by atoms with van der Waals surface area (Å²) in [6.07, 6.45) is 5.02. The number of sulfonamides is 1. The molecule has 1 N–H and O–H groups in total. The van der Waals surface area contributed by atoms with Gasteiger partial charge >= 0.3 is 0 Å². The fraction of sp³-hybridized carbons (Fsp3) is 0.111. The van der Waals surface area contributed by atoms with Crippen molar-refractivity contribution >= 4 is 21.6 Å². The number of hydrogen-bond acceptors (Lipinski definition) is 4. The molecule has 3 rings (SSSR count). The van der Waals surface area contributed by atoms with Gasteiger partial charge in [-0.05, 0) is 24.3 Å². The topological polar surface area (TPSA) is 84.3 Å². The molecule has 0 spiro atoms. The summed E-state index contributed by atoms with van der Waals surface area (Å²) in [7, 11) is -2.34. The first-order valence-electron chi connectivity index (χ1n) is 7.87. The van der Waals surface area contributed by atoms with E-state index in [4.69, 9.17) is 0 Å². The molecule has 1 aromatic heterocycles. The van der Waals surface area contributed by atoms with Gasteiger partial charge in [0.2, 0.25) is 15.9 Å². The summed E-state index contributed by atoms with van der Waals surface area (Å²) in [6.45, 7) is -0.296. The summed E-state index contributed by atoms with van der Waals surface area (Å²) < 4.78 is 27.8. The van der Waals surface area contributed by atoms with E-state index in [1.165, 1.54) is 19.2 Å². The Morgan fingerprint density at radius 3 is 2.50 bits per heavy atom. The number of likely N-dealkylation sites (N-methyl/N-ethyl adjacent to an activating group) is 1. The maximum Gasteiger partial charge on any atom is 0.243 e. The smallest absolute Gasteiger partial charge is 0.243 e. The van der Waals surface area contributed by atoms with Gasteiger partial charge in [-0.3, -0.25) is 4.79 Å². The summed E-state index contributed by atoms with van der Waals surface area (Å²) in [5.41, 5.74) is 1.31. The monoisotopic (exact) mass is 370 g/mol. The van der Waals surface area contributed by atoms with Gasteiger partial charge in [0, 0.05) is 19.4 Å². The van der Waals surface area contributed by atoms with Crippen LogP contribution in [0.5, 0.6) is 0 Å². The second-order valence-corrected chi connectivity index (χ2v) is 7.65. The Bertz CT molecular complexity index is 986. The standard InChI is InChI=1S/C18H18N4O3S/c1-21(26(24,25)15-7-3-2-4-8-15)13-18(23)20-16-9-5-6-10-17(16)22-12-11-19-14-22/h2-12,14H,13H2,1H3,(H,20,23). The summed E-state index contributed by atoms with van der Waals surface area (Å²) >= 11 is 0. The molecule has 0 atom stereocenters. The van der Waals surface area contributed by atoms with Gasteiger partial charge in [-0.15, -0.1) is 0 Å². The van der Waals surface area contributed by atoms with Crippen molar-refractivity contribution in [3.63, 3.8) is 0 Å². The van der Waals surface area contributed by atoms with Crippen LogP contribution in [0.4, 0.5) is 5.69 Å². The number of hydrogen-bond donors (Lipinski definition) is 1. The van der Waals surface area contributed by atoms with Gasteiger partial charge in [0.15, 0.2) is 0 Å². The van der Waals surface area contributed by atoms with Gasteiger partial charge in [-0.2, -0.15) is 4.31 Å². The molecule has 1 amide bonds. The maximum absolute atomic E-state index is 12.5. The molecule has 0 bridgehead atoms. The average molecular weight is 370 g/mol. The molecule has 2 aromatic carbocycles. The average Bonchev–Trinajstić information content (AvgIpc) is 3.17. The van der Waals surface area contributed by atoms with E-state index in [-0.39, 0.29) is 11.4 Å². The van der Waals surface area contributed by atoms with E-state index in [0.717, 1.165) is 9.99 Å². The molecule has 26 heavy (non-hydrogen) atoms. The number of nitrogens with zero attached hydrogens (tertiary/aromatic N) is 3. The first-order valence-corrected chi connectivity index (χ1v) is 9.31.